The molecule has 1 rings (SSSR count). The molecule has 0 aromatic carbocycles. The minimum atomic E-state index is 0.362. The predicted molar refractivity (Wildman–Crippen MR) is 28.6 cm³/mol. The van der Waals surface area contributed by atoms with Crippen LogP contribution in [0.3, 0.4) is 0 Å². The molecule has 0 aliphatic carbocycles. The summed E-state index contributed by atoms with van der Waals surface area (Å²) < 4.78 is 0. The predicted octanol–water partition coefficient (Wildman–Crippen LogP) is -1.19. The Morgan fingerprint density at radius 3 is 2.57 bits per heavy atom. The average Bonchev–Trinajstić information content (AvgIpc) is 1.69. The van der Waals surface area contributed by atoms with Crippen molar-refractivity contribution in [2.75, 3.05) is 13.1 Å². The summed E-state index contributed by atoms with van der Waals surface area (Å²) >= 11 is 0. The van der Waals surface area contributed by atoms with Crippen LogP contribution in [-0.2, 0) is 0 Å². The van der Waals surface area contributed by atoms with Gasteiger partial charge in [0.1, 0.15) is 0 Å². The van der Waals surface area contributed by atoms with Crippen LogP contribution in [0.15, 0.2) is 0 Å². The molecule has 1 aliphatic rings. The molecular formula is C4H11N3. The number of hydrogen-bond acceptors (Lipinski definition) is 3. The van der Waals surface area contributed by atoms with Crippen LogP contribution in [0, 0.1) is 0 Å². The Kier molecular flexibility index (Phi) is 1.62. The number of rotatable bonds is 0. The summed E-state index contributed by atoms with van der Waals surface area (Å²) in [6.07, 6.45) is 1.09. The standard InChI is InChI=1S/C4H11N3/c5-4-1-2-6-7-3-4/h4,6-7H,1-3,5H2. The zero-order valence-corrected chi connectivity index (χ0v) is 4.28. The van der Waals surface area contributed by atoms with Crippen molar-refractivity contribution in [2.24, 2.45) is 5.73 Å². The van der Waals surface area contributed by atoms with Gasteiger partial charge in [0.2, 0.25) is 0 Å². The van der Waals surface area contributed by atoms with Gasteiger partial charge in [-0.2, -0.15) is 0 Å². The third kappa shape index (κ3) is 1.43. The van der Waals surface area contributed by atoms with Crippen LogP contribution in [0.25, 0.3) is 0 Å². The Morgan fingerprint density at radius 1 is 1.43 bits per heavy atom. The minimum absolute atomic E-state index is 0.362. The lowest BCUT2D eigenvalue weighted by Gasteiger charge is -2.18. The summed E-state index contributed by atoms with van der Waals surface area (Å²) in [5.74, 6) is 0. The van der Waals surface area contributed by atoms with Gasteiger partial charge >= 0.3 is 0 Å². The van der Waals surface area contributed by atoms with Crippen molar-refractivity contribution in [1.29, 1.82) is 0 Å². The highest BCUT2D eigenvalue weighted by Gasteiger charge is 2.04. The van der Waals surface area contributed by atoms with Gasteiger partial charge < -0.3 is 5.73 Å². The Hall–Kier alpha value is -0.120. The average molecular weight is 101 g/mol. The van der Waals surface area contributed by atoms with Gasteiger partial charge in [0.25, 0.3) is 0 Å². The number of nitrogens with one attached hydrogen (secondary N) is 2. The quantitative estimate of drug-likeness (QED) is 0.359. The van der Waals surface area contributed by atoms with Crippen LogP contribution < -0.4 is 16.6 Å². The molecule has 1 atom stereocenters. The van der Waals surface area contributed by atoms with Crippen LogP contribution >= 0.6 is 0 Å². The Bertz CT molecular complexity index is 48.9. The summed E-state index contributed by atoms with van der Waals surface area (Å²) in [5, 5.41) is 0. The molecule has 7 heavy (non-hydrogen) atoms. The molecule has 42 valence electrons. The first-order chi connectivity index (χ1) is 3.39. The van der Waals surface area contributed by atoms with Crippen LogP contribution in [0.2, 0.25) is 0 Å². The second kappa shape index (κ2) is 2.26. The van der Waals surface area contributed by atoms with Gasteiger partial charge in [-0.1, -0.05) is 0 Å². The summed E-state index contributed by atoms with van der Waals surface area (Å²) in [6.45, 7) is 1.90. The highest BCUT2D eigenvalue weighted by atomic mass is 15.4. The van der Waals surface area contributed by atoms with E-state index in [0.717, 1.165) is 19.5 Å². The topological polar surface area (TPSA) is 50.1 Å². The van der Waals surface area contributed by atoms with E-state index in [9.17, 15) is 0 Å². The van der Waals surface area contributed by atoms with E-state index >= 15 is 0 Å². The summed E-state index contributed by atoms with van der Waals surface area (Å²) in [4.78, 5) is 0. The van der Waals surface area contributed by atoms with Crippen molar-refractivity contribution < 1.29 is 0 Å². The largest absolute Gasteiger partial charge is 0.326 e. The number of nitrogens with two attached hydrogens (primary N) is 1. The molecule has 1 heterocycles. The molecule has 0 radical (unpaired) electrons. The first kappa shape index (κ1) is 5.03. The van der Waals surface area contributed by atoms with Crippen LogP contribution in [0.1, 0.15) is 6.42 Å². The van der Waals surface area contributed by atoms with E-state index < -0.39 is 0 Å². The summed E-state index contributed by atoms with van der Waals surface area (Å²) in [6, 6.07) is 0.362. The third-order valence-corrected chi connectivity index (χ3v) is 1.13. The van der Waals surface area contributed by atoms with E-state index in [1.807, 2.05) is 0 Å². The molecular weight excluding hydrogens is 90.1 g/mol. The van der Waals surface area contributed by atoms with E-state index in [4.69, 9.17) is 5.73 Å². The molecule has 3 nitrogen and oxygen atoms in total. The molecule has 3 heteroatoms. The fourth-order valence-corrected chi connectivity index (χ4v) is 0.651. The number of hydrazine groups is 1. The molecule has 0 aromatic rings. The fourth-order valence-electron chi connectivity index (χ4n) is 0.651. The van der Waals surface area contributed by atoms with Crippen molar-refractivity contribution in [1.82, 2.24) is 10.9 Å². The van der Waals surface area contributed by atoms with Gasteiger partial charge in [-0.05, 0) is 6.42 Å². The van der Waals surface area contributed by atoms with Gasteiger partial charge in [0, 0.05) is 19.1 Å². The molecule has 1 aliphatic heterocycles. The lowest BCUT2D eigenvalue weighted by molar-refractivity contribution is 0.400. The van der Waals surface area contributed by atoms with Crippen LogP contribution in [0.5, 0.6) is 0 Å². The normalized spacial score (nSPS) is 33.0. The monoisotopic (exact) mass is 101 g/mol. The molecule has 1 fully saturated rings. The van der Waals surface area contributed by atoms with E-state index in [2.05, 4.69) is 10.9 Å². The Balaban J connectivity index is 2.12. The molecule has 0 saturated carbocycles. The van der Waals surface area contributed by atoms with Gasteiger partial charge in [-0.15, -0.1) is 0 Å². The molecule has 4 N–H and O–H groups in total. The third-order valence-electron chi connectivity index (χ3n) is 1.13. The van der Waals surface area contributed by atoms with E-state index in [1.54, 1.807) is 0 Å². The van der Waals surface area contributed by atoms with Crippen molar-refractivity contribution in [2.45, 2.75) is 12.5 Å². The molecule has 0 spiro atoms. The zero-order chi connectivity index (χ0) is 5.11. The van der Waals surface area contributed by atoms with Crippen molar-refractivity contribution in [3.8, 4) is 0 Å². The second-order valence-electron chi connectivity index (χ2n) is 1.86. The summed E-state index contributed by atoms with van der Waals surface area (Å²) in [7, 11) is 0. The van der Waals surface area contributed by atoms with Crippen molar-refractivity contribution >= 4 is 0 Å². The van der Waals surface area contributed by atoms with Crippen LogP contribution in [-0.4, -0.2) is 19.1 Å². The highest BCUT2D eigenvalue weighted by Crippen LogP contribution is 1.85. The Morgan fingerprint density at radius 2 is 2.29 bits per heavy atom. The lowest BCUT2D eigenvalue weighted by atomic mass is 10.2. The van der Waals surface area contributed by atoms with Crippen molar-refractivity contribution in [3.63, 3.8) is 0 Å². The van der Waals surface area contributed by atoms with Gasteiger partial charge in [-0.25, -0.2) is 0 Å². The van der Waals surface area contributed by atoms with E-state index in [1.165, 1.54) is 0 Å². The molecule has 1 saturated heterocycles. The Labute approximate surface area is 43.2 Å². The van der Waals surface area contributed by atoms with E-state index in [0.29, 0.717) is 6.04 Å². The van der Waals surface area contributed by atoms with Gasteiger partial charge in [0.15, 0.2) is 0 Å². The molecule has 0 amide bonds. The smallest absolute Gasteiger partial charge is 0.0252 e. The SMILES string of the molecule is NC1CCNNC1. The molecule has 1 unspecified atom stereocenters. The zero-order valence-electron chi connectivity index (χ0n) is 4.28. The van der Waals surface area contributed by atoms with E-state index in [-0.39, 0.29) is 0 Å². The second-order valence-corrected chi connectivity index (χ2v) is 1.86. The first-order valence-corrected chi connectivity index (χ1v) is 2.61. The highest BCUT2D eigenvalue weighted by molar-refractivity contribution is 4.67. The first-order valence-electron chi connectivity index (χ1n) is 2.61. The lowest BCUT2D eigenvalue weighted by Crippen LogP contribution is -2.48. The maximum atomic E-state index is 5.53. The van der Waals surface area contributed by atoms with Gasteiger partial charge in [0.05, 0.1) is 0 Å². The summed E-state index contributed by atoms with van der Waals surface area (Å²) in [5.41, 5.74) is 11.5. The molecule has 0 aromatic heterocycles. The molecule has 0 bridgehead atoms. The van der Waals surface area contributed by atoms with Gasteiger partial charge in [-0.3, -0.25) is 10.9 Å². The van der Waals surface area contributed by atoms with Crippen LogP contribution in [0.4, 0.5) is 0 Å². The number of hydrogen-bond donors (Lipinski definition) is 3. The maximum absolute atomic E-state index is 5.53. The fraction of sp³-hybridized carbons (Fsp3) is 1.00. The minimum Gasteiger partial charge on any atom is -0.326 e. The van der Waals surface area contributed by atoms with Crippen molar-refractivity contribution in [3.05, 3.63) is 0 Å². The maximum Gasteiger partial charge on any atom is 0.0252 e.